The van der Waals surface area contributed by atoms with Crippen molar-refractivity contribution in [3.8, 4) is 0 Å². The summed E-state index contributed by atoms with van der Waals surface area (Å²) in [4.78, 5) is 16.9. The molecule has 1 N–H and O–H groups in total. The van der Waals surface area contributed by atoms with Gasteiger partial charge in [-0.3, -0.25) is 9.63 Å². The van der Waals surface area contributed by atoms with Gasteiger partial charge in [0.15, 0.2) is 0 Å². The monoisotopic (exact) mass is 236 g/mol. The SMILES string of the molecule is CNc1ccc(C(=O)N(C)OC)s1.Cl. The van der Waals surface area contributed by atoms with Gasteiger partial charge in [0.1, 0.15) is 0 Å². The highest BCUT2D eigenvalue weighted by Gasteiger charge is 2.13. The molecule has 4 nitrogen and oxygen atoms in total. The van der Waals surface area contributed by atoms with Gasteiger partial charge in [0, 0.05) is 14.1 Å². The highest BCUT2D eigenvalue weighted by atomic mass is 35.5. The molecule has 0 aromatic carbocycles. The summed E-state index contributed by atoms with van der Waals surface area (Å²) >= 11 is 1.40. The quantitative estimate of drug-likeness (QED) is 0.815. The number of anilines is 1. The molecule has 0 bridgehead atoms. The largest absolute Gasteiger partial charge is 0.380 e. The number of carbonyl (C=O) groups is 1. The van der Waals surface area contributed by atoms with Crippen molar-refractivity contribution in [3.63, 3.8) is 0 Å². The molecule has 0 saturated heterocycles. The van der Waals surface area contributed by atoms with Gasteiger partial charge in [0.2, 0.25) is 0 Å². The fraction of sp³-hybridized carbons (Fsp3) is 0.375. The minimum Gasteiger partial charge on any atom is -0.380 e. The van der Waals surface area contributed by atoms with Gasteiger partial charge < -0.3 is 5.32 Å². The van der Waals surface area contributed by atoms with Gasteiger partial charge in [-0.2, -0.15) is 0 Å². The number of halogens is 1. The first-order chi connectivity index (χ1) is 6.19. The van der Waals surface area contributed by atoms with E-state index in [1.165, 1.54) is 23.5 Å². The molecule has 0 aliphatic rings. The third-order valence-electron chi connectivity index (χ3n) is 1.62. The van der Waals surface area contributed by atoms with Crippen LogP contribution in [0.5, 0.6) is 0 Å². The van der Waals surface area contributed by atoms with E-state index < -0.39 is 0 Å². The number of carbonyl (C=O) groups excluding carboxylic acids is 1. The minimum atomic E-state index is -0.131. The van der Waals surface area contributed by atoms with E-state index in [1.807, 2.05) is 13.1 Å². The Morgan fingerprint density at radius 1 is 1.57 bits per heavy atom. The third-order valence-corrected chi connectivity index (χ3v) is 2.71. The number of hydrogen-bond acceptors (Lipinski definition) is 4. The summed E-state index contributed by atoms with van der Waals surface area (Å²) in [5, 5.41) is 5.13. The highest BCUT2D eigenvalue weighted by Crippen LogP contribution is 2.22. The summed E-state index contributed by atoms with van der Waals surface area (Å²) in [5.41, 5.74) is 0. The molecule has 1 heterocycles. The van der Waals surface area contributed by atoms with E-state index >= 15 is 0 Å². The van der Waals surface area contributed by atoms with E-state index in [4.69, 9.17) is 4.84 Å². The van der Waals surface area contributed by atoms with Crippen molar-refractivity contribution in [2.75, 3.05) is 26.5 Å². The highest BCUT2D eigenvalue weighted by molar-refractivity contribution is 7.17. The van der Waals surface area contributed by atoms with E-state index in [-0.39, 0.29) is 18.3 Å². The van der Waals surface area contributed by atoms with Crippen molar-refractivity contribution in [1.29, 1.82) is 0 Å². The molecular weight excluding hydrogens is 224 g/mol. The Labute approximate surface area is 93.2 Å². The predicted molar refractivity (Wildman–Crippen MR) is 60.2 cm³/mol. The molecule has 6 heteroatoms. The molecule has 0 atom stereocenters. The van der Waals surface area contributed by atoms with Gasteiger partial charge in [0.25, 0.3) is 5.91 Å². The zero-order valence-corrected chi connectivity index (χ0v) is 9.87. The first-order valence-corrected chi connectivity index (χ1v) is 4.60. The molecule has 80 valence electrons. The van der Waals surface area contributed by atoms with Gasteiger partial charge >= 0.3 is 0 Å². The smallest absolute Gasteiger partial charge is 0.287 e. The lowest BCUT2D eigenvalue weighted by Gasteiger charge is -2.11. The average Bonchev–Trinajstić information content (AvgIpc) is 2.63. The van der Waals surface area contributed by atoms with E-state index in [0.29, 0.717) is 4.88 Å². The number of hydrogen-bond donors (Lipinski definition) is 1. The number of rotatable bonds is 3. The van der Waals surface area contributed by atoms with Gasteiger partial charge in [-0.15, -0.1) is 23.7 Å². The summed E-state index contributed by atoms with van der Waals surface area (Å²) in [7, 11) is 4.87. The molecule has 1 aromatic rings. The zero-order valence-electron chi connectivity index (χ0n) is 8.23. The number of amides is 1. The van der Waals surface area contributed by atoms with Crippen LogP contribution in [-0.4, -0.2) is 32.2 Å². The second kappa shape index (κ2) is 5.85. The molecule has 0 spiro atoms. The second-order valence-electron chi connectivity index (χ2n) is 2.40. The van der Waals surface area contributed by atoms with Crippen molar-refractivity contribution < 1.29 is 9.63 Å². The van der Waals surface area contributed by atoms with Crippen LogP contribution in [0.1, 0.15) is 9.67 Å². The number of nitrogens with zero attached hydrogens (tertiary/aromatic N) is 1. The molecule has 0 radical (unpaired) electrons. The number of hydroxylamine groups is 2. The molecule has 0 unspecified atom stereocenters. The summed E-state index contributed by atoms with van der Waals surface area (Å²) in [5.74, 6) is -0.131. The lowest BCUT2D eigenvalue weighted by molar-refractivity contribution is -0.0753. The first-order valence-electron chi connectivity index (χ1n) is 3.78. The lowest BCUT2D eigenvalue weighted by Crippen LogP contribution is -2.24. The number of thiophene rings is 1. The van der Waals surface area contributed by atoms with Crippen molar-refractivity contribution in [2.24, 2.45) is 0 Å². The minimum absolute atomic E-state index is 0. The Kier molecular flexibility index (Phi) is 5.52. The van der Waals surface area contributed by atoms with Crippen LogP contribution < -0.4 is 5.32 Å². The molecule has 0 saturated carbocycles. The first kappa shape index (κ1) is 13.2. The van der Waals surface area contributed by atoms with Crippen molar-refractivity contribution in [2.45, 2.75) is 0 Å². The van der Waals surface area contributed by atoms with Crippen LogP contribution in [0, 0.1) is 0 Å². The summed E-state index contributed by atoms with van der Waals surface area (Å²) in [6.07, 6.45) is 0. The standard InChI is InChI=1S/C8H12N2O2S.ClH/c1-9-7-5-4-6(13-7)8(11)10(2)12-3;/h4-5,9H,1-3H3;1H. The molecule has 14 heavy (non-hydrogen) atoms. The average molecular weight is 237 g/mol. The van der Waals surface area contributed by atoms with Gasteiger partial charge in [-0.05, 0) is 12.1 Å². The predicted octanol–water partition coefficient (Wildman–Crippen LogP) is 1.85. The molecule has 1 amide bonds. The maximum atomic E-state index is 11.5. The van der Waals surface area contributed by atoms with Gasteiger partial charge in [0.05, 0.1) is 17.0 Å². The Bertz CT molecular complexity index is 303. The fourth-order valence-corrected chi connectivity index (χ4v) is 1.65. The van der Waals surface area contributed by atoms with Crippen LogP contribution in [-0.2, 0) is 4.84 Å². The Morgan fingerprint density at radius 3 is 2.64 bits per heavy atom. The van der Waals surface area contributed by atoms with Crippen LogP contribution in [0.15, 0.2) is 12.1 Å². The van der Waals surface area contributed by atoms with Crippen LogP contribution in [0.3, 0.4) is 0 Å². The van der Waals surface area contributed by atoms with Gasteiger partial charge in [-0.1, -0.05) is 0 Å². The second-order valence-corrected chi connectivity index (χ2v) is 3.48. The van der Waals surface area contributed by atoms with Crippen molar-refractivity contribution in [3.05, 3.63) is 17.0 Å². The van der Waals surface area contributed by atoms with E-state index in [9.17, 15) is 4.79 Å². The van der Waals surface area contributed by atoms with Crippen LogP contribution in [0.2, 0.25) is 0 Å². The summed E-state index contributed by atoms with van der Waals surface area (Å²) < 4.78 is 0. The Hall–Kier alpha value is -0.780. The van der Waals surface area contributed by atoms with Crippen LogP contribution >= 0.6 is 23.7 Å². The normalized spacial score (nSPS) is 9.07. The maximum Gasteiger partial charge on any atom is 0.287 e. The summed E-state index contributed by atoms with van der Waals surface area (Å²) in [6, 6.07) is 3.63. The molecule has 0 fully saturated rings. The molecule has 0 aliphatic heterocycles. The molecule has 1 aromatic heterocycles. The Morgan fingerprint density at radius 2 is 2.21 bits per heavy atom. The zero-order chi connectivity index (χ0) is 9.84. The fourth-order valence-electron chi connectivity index (χ4n) is 0.825. The lowest BCUT2D eigenvalue weighted by atomic mass is 10.4. The molecule has 0 aliphatic carbocycles. The van der Waals surface area contributed by atoms with Crippen molar-refractivity contribution >= 4 is 34.7 Å². The van der Waals surface area contributed by atoms with E-state index in [2.05, 4.69) is 5.32 Å². The van der Waals surface area contributed by atoms with Crippen LogP contribution in [0.4, 0.5) is 5.00 Å². The maximum absolute atomic E-state index is 11.5. The third kappa shape index (κ3) is 2.87. The van der Waals surface area contributed by atoms with E-state index in [1.54, 1.807) is 13.1 Å². The van der Waals surface area contributed by atoms with Crippen LogP contribution in [0.25, 0.3) is 0 Å². The van der Waals surface area contributed by atoms with Gasteiger partial charge in [-0.25, -0.2) is 5.06 Å². The Balaban J connectivity index is 0.00000169. The number of nitrogens with one attached hydrogen (secondary N) is 1. The molecule has 1 rings (SSSR count). The van der Waals surface area contributed by atoms with E-state index in [0.717, 1.165) is 5.00 Å². The topological polar surface area (TPSA) is 41.6 Å². The summed E-state index contributed by atoms with van der Waals surface area (Å²) in [6.45, 7) is 0. The van der Waals surface area contributed by atoms with Crippen molar-refractivity contribution in [1.82, 2.24) is 5.06 Å². The molecular formula is C8H13ClN2O2S.